The largest absolute Gasteiger partial charge is 0.150 e. The van der Waals surface area contributed by atoms with Gasteiger partial charge in [0.1, 0.15) is 0 Å². The van der Waals surface area contributed by atoms with E-state index in [0.29, 0.717) is 0 Å². The molecule has 0 aliphatic heterocycles. The van der Waals surface area contributed by atoms with E-state index in [4.69, 9.17) is 0 Å². The van der Waals surface area contributed by atoms with Gasteiger partial charge < -0.3 is 0 Å². The van der Waals surface area contributed by atoms with Gasteiger partial charge in [0.25, 0.3) is 0 Å². The van der Waals surface area contributed by atoms with Crippen molar-refractivity contribution in [3.05, 3.63) is 85.0 Å². The van der Waals surface area contributed by atoms with E-state index in [0.717, 1.165) is 35.3 Å². The van der Waals surface area contributed by atoms with Crippen LogP contribution in [0.25, 0.3) is 0 Å². The minimum absolute atomic E-state index is 0.795. The standard InChI is InChI=1S/C18H18N2/c1-3-9-15-11-5-7-13-17(15)19-20-18-14-8-6-12-16(18)10-4-2/h3-8,11-14H,1-2,9-10H2. The zero-order valence-corrected chi connectivity index (χ0v) is 11.5. The van der Waals surface area contributed by atoms with E-state index in [-0.39, 0.29) is 0 Å². The Hall–Kier alpha value is -2.48. The maximum absolute atomic E-state index is 4.38. The van der Waals surface area contributed by atoms with E-state index in [1.165, 1.54) is 0 Å². The molecule has 0 unspecified atom stereocenters. The van der Waals surface area contributed by atoms with Gasteiger partial charge in [0.2, 0.25) is 0 Å². The van der Waals surface area contributed by atoms with E-state index >= 15 is 0 Å². The summed E-state index contributed by atoms with van der Waals surface area (Å²) in [5, 5.41) is 8.76. The molecule has 2 aromatic carbocycles. The number of hydrogen-bond donors (Lipinski definition) is 0. The molecule has 0 aliphatic carbocycles. The van der Waals surface area contributed by atoms with Crippen molar-refractivity contribution < 1.29 is 0 Å². The molecule has 0 heterocycles. The fourth-order valence-electron chi connectivity index (χ4n) is 1.98. The summed E-state index contributed by atoms with van der Waals surface area (Å²) in [6, 6.07) is 16.0. The Labute approximate surface area is 120 Å². The van der Waals surface area contributed by atoms with Crippen LogP contribution in [0.4, 0.5) is 11.4 Å². The van der Waals surface area contributed by atoms with Crippen LogP contribution in [0.3, 0.4) is 0 Å². The van der Waals surface area contributed by atoms with Crippen molar-refractivity contribution in [3.63, 3.8) is 0 Å². The second kappa shape index (κ2) is 7.19. The second-order valence-electron chi connectivity index (χ2n) is 4.44. The van der Waals surface area contributed by atoms with Gasteiger partial charge in [-0.05, 0) is 36.1 Å². The number of nitrogens with zero attached hydrogens (tertiary/aromatic N) is 2. The summed E-state index contributed by atoms with van der Waals surface area (Å²) < 4.78 is 0. The van der Waals surface area contributed by atoms with Gasteiger partial charge in [0.05, 0.1) is 11.4 Å². The lowest BCUT2D eigenvalue weighted by molar-refractivity contribution is 1.15. The lowest BCUT2D eigenvalue weighted by Gasteiger charge is -2.03. The number of benzene rings is 2. The Balaban J connectivity index is 2.29. The molecule has 20 heavy (non-hydrogen) atoms. The van der Waals surface area contributed by atoms with Crippen LogP contribution in [0, 0.1) is 0 Å². The molecule has 100 valence electrons. The smallest absolute Gasteiger partial charge is 0.0892 e. The van der Waals surface area contributed by atoms with Crippen LogP contribution in [-0.2, 0) is 12.8 Å². The monoisotopic (exact) mass is 262 g/mol. The third-order valence-corrected chi connectivity index (χ3v) is 2.98. The number of azo groups is 1. The normalized spacial score (nSPS) is 10.6. The van der Waals surface area contributed by atoms with E-state index in [9.17, 15) is 0 Å². The van der Waals surface area contributed by atoms with Gasteiger partial charge in [-0.2, -0.15) is 10.2 Å². The molecule has 2 nitrogen and oxygen atoms in total. The highest BCUT2D eigenvalue weighted by Crippen LogP contribution is 2.25. The lowest BCUT2D eigenvalue weighted by Crippen LogP contribution is -1.82. The number of allylic oxidation sites excluding steroid dienone is 2. The third kappa shape index (κ3) is 3.51. The van der Waals surface area contributed by atoms with E-state index < -0.39 is 0 Å². The molecular formula is C18H18N2. The molecule has 0 spiro atoms. The molecule has 0 bridgehead atoms. The first kappa shape index (κ1) is 13.9. The summed E-state index contributed by atoms with van der Waals surface area (Å²) in [6.45, 7) is 7.54. The van der Waals surface area contributed by atoms with Crippen LogP contribution in [0.15, 0.2) is 84.1 Å². The Bertz CT molecular complexity index is 571. The van der Waals surface area contributed by atoms with E-state index in [2.05, 4.69) is 23.4 Å². The molecule has 2 rings (SSSR count). The van der Waals surface area contributed by atoms with Crippen molar-refractivity contribution >= 4 is 11.4 Å². The fourth-order valence-corrected chi connectivity index (χ4v) is 1.98. The molecule has 0 radical (unpaired) electrons. The Kier molecular flexibility index (Phi) is 5.01. The van der Waals surface area contributed by atoms with Gasteiger partial charge in [0, 0.05) is 0 Å². The van der Waals surface area contributed by atoms with Gasteiger partial charge in [-0.1, -0.05) is 48.6 Å². The Morgan fingerprint density at radius 3 is 1.50 bits per heavy atom. The summed E-state index contributed by atoms with van der Waals surface area (Å²) in [6.07, 6.45) is 5.34. The van der Waals surface area contributed by atoms with E-state index in [1.54, 1.807) is 0 Å². The summed E-state index contributed by atoms with van der Waals surface area (Å²) >= 11 is 0. The highest BCUT2D eigenvalue weighted by molar-refractivity contribution is 5.49. The maximum Gasteiger partial charge on any atom is 0.0892 e. The minimum atomic E-state index is 0.795. The SMILES string of the molecule is C=CCc1ccccc1N=Nc1ccccc1CC=C. The van der Waals surface area contributed by atoms with Crippen molar-refractivity contribution in [1.82, 2.24) is 0 Å². The fraction of sp³-hybridized carbons (Fsp3) is 0.111. The zero-order valence-electron chi connectivity index (χ0n) is 11.5. The van der Waals surface area contributed by atoms with Crippen LogP contribution in [0.2, 0.25) is 0 Å². The van der Waals surface area contributed by atoms with Crippen LogP contribution in [0.1, 0.15) is 11.1 Å². The zero-order chi connectivity index (χ0) is 14.2. The van der Waals surface area contributed by atoms with Crippen molar-refractivity contribution in [3.8, 4) is 0 Å². The topological polar surface area (TPSA) is 24.7 Å². The van der Waals surface area contributed by atoms with Crippen LogP contribution in [-0.4, -0.2) is 0 Å². The quantitative estimate of drug-likeness (QED) is 0.481. The van der Waals surface area contributed by atoms with Gasteiger partial charge in [-0.3, -0.25) is 0 Å². The predicted molar refractivity (Wildman–Crippen MR) is 84.9 cm³/mol. The lowest BCUT2D eigenvalue weighted by atomic mass is 10.1. The summed E-state index contributed by atoms with van der Waals surface area (Å²) in [7, 11) is 0. The average Bonchev–Trinajstić information content (AvgIpc) is 2.48. The molecule has 0 aliphatic rings. The van der Waals surface area contributed by atoms with Crippen LogP contribution < -0.4 is 0 Å². The molecule has 0 amide bonds. The maximum atomic E-state index is 4.38. The third-order valence-electron chi connectivity index (χ3n) is 2.98. The first-order valence-corrected chi connectivity index (χ1v) is 6.64. The molecule has 0 saturated heterocycles. The van der Waals surface area contributed by atoms with E-state index in [1.807, 2.05) is 60.7 Å². The second-order valence-corrected chi connectivity index (χ2v) is 4.44. The van der Waals surface area contributed by atoms with Gasteiger partial charge in [-0.15, -0.1) is 13.2 Å². The summed E-state index contributed by atoms with van der Waals surface area (Å²) in [5.74, 6) is 0. The summed E-state index contributed by atoms with van der Waals surface area (Å²) in [5.41, 5.74) is 4.04. The van der Waals surface area contributed by atoms with Crippen LogP contribution in [0.5, 0.6) is 0 Å². The molecule has 0 aromatic heterocycles. The van der Waals surface area contributed by atoms with Gasteiger partial charge in [-0.25, -0.2) is 0 Å². The van der Waals surface area contributed by atoms with Crippen molar-refractivity contribution in [2.45, 2.75) is 12.8 Å². The molecular weight excluding hydrogens is 244 g/mol. The number of rotatable bonds is 6. The van der Waals surface area contributed by atoms with Crippen molar-refractivity contribution in [2.24, 2.45) is 10.2 Å². The minimum Gasteiger partial charge on any atom is -0.150 e. The molecule has 2 heteroatoms. The first-order chi connectivity index (χ1) is 9.85. The molecule has 0 N–H and O–H groups in total. The van der Waals surface area contributed by atoms with Crippen molar-refractivity contribution in [2.75, 3.05) is 0 Å². The molecule has 0 atom stereocenters. The predicted octanol–water partition coefficient (Wildman–Crippen LogP) is 5.56. The Morgan fingerprint density at radius 1 is 0.700 bits per heavy atom. The highest BCUT2D eigenvalue weighted by atomic mass is 15.1. The molecule has 0 saturated carbocycles. The van der Waals surface area contributed by atoms with Crippen LogP contribution >= 0.6 is 0 Å². The first-order valence-electron chi connectivity index (χ1n) is 6.64. The number of hydrogen-bond acceptors (Lipinski definition) is 2. The highest BCUT2D eigenvalue weighted by Gasteiger charge is 2.00. The summed E-state index contributed by atoms with van der Waals surface area (Å²) in [4.78, 5) is 0. The van der Waals surface area contributed by atoms with Gasteiger partial charge >= 0.3 is 0 Å². The molecule has 0 fully saturated rings. The molecule has 2 aromatic rings. The average molecular weight is 262 g/mol. The Morgan fingerprint density at radius 2 is 1.10 bits per heavy atom. The van der Waals surface area contributed by atoms with Gasteiger partial charge in [0.15, 0.2) is 0 Å². The van der Waals surface area contributed by atoms with Crippen molar-refractivity contribution in [1.29, 1.82) is 0 Å².